The Morgan fingerprint density at radius 3 is 1.27 bits per heavy atom. The molecular formula is C66H122N2O23. The summed E-state index contributed by atoms with van der Waals surface area (Å²) >= 11 is 0. The molecule has 0 radical (unpaired) electrons. The smallest absolute Gasteiger partial charge is 0.220 e. The van der Waals surface area contributed by atoms with Gasteiger partial charge in [-0.05, 0) is 19.3 Å². The van der Waals surface area contributed by atoms with Crippen LogP contribution in [0, 0.1) is 0 Å². The third-order valence-electron chi connectivity index (χ3n) is 18.1. The minimum absolute atomic E-state index is 0.213. The first-order valence-electron chi connectivity index (χ1n) is 34.9. The van der Waals surface area contributed by atoms with Crippen molar-refractivity contribution in [2.24, 2.45) is 0 Å². The normalized spacial score (nSPS) is 32.9. The number of carbonyl (C=O) groups excluding carboxylic acids is 2. The van der Waals surface area contributed by atoms with Crippen LogP contribution >= 0.6 is 0 Å². The van der Waals surface area contributed by atoms with Gasteiger partial charge in [-0.3, -0.25) is 9.59 Å². The lowest BCUT2D eigenvalue weighted by Gasteiger charge is -2.50. The summed E-state index contributed by atoms with van der Waals surface area (Å²) in [7, 11) is 0. The van der Waals surface area contributed by atoms with Gasteiger partial charge in [0.05, 0.1) is 45.2 Å². The highest BCUT2D eigenvalue weighted by molar-refractivity contribution is 5.76. The predicted molar refractivity (Wildman–Crippen MR) is 335 cm³/mol. The van der Waals surface area contributed by atoms with Crippen molar-refractivity contribution in [2.75, 3.05) is 33.0 Å². The Bertz CT molecular complexity index is 1900. The average Bonchev–Trinajstić information content (AvgIpc) is 0.821. The number of ether oxygens (including phenoxy) is 8. The van der Waals surface area contributed by atoms with Gasteiger partial charge in [0.2, 0.25) is 11.8 Å². The third kappa shape index (κ3) is 28.4. The molecule has 534 valence electrons. The van der Waals surface area contributed by atoms with Crippen molar-refractivity contribution >= 4 is 11.8 Å². The quantitative estimate of drug-likeness (QED) is 0.0307. The number of allylic oxidation sites excluding steroid dienone is 1. The van der Waals surface area contributed by atoms with Gasteiger partial charge in [-0.15, -0.1) is 0 Å². The highest BCUT2D eigenvalue weighted by Gasteiger charge is 2.56. The highest BCUT2D eigenvalue weighted by atomic mass is 16.8. The van der Waals surface area contributed by atoms with Crippen molar-refractivity contribution in [1.29, 1.82) is 0 Å². The van der Waals surface area contributed by atoms with E-state index < -0.39 is 174 Å². The fourth-order valence-electron chi connectivity index (χ4n) is 12.4. The molecule has 25 heteroatoms. The van der Waals surface area contributed by atoms with E-state index in [2.05, 4.69) is 24.5 Å². The summed E-state index contributed by atoms with van der Waals surface area (Å²) in [5.74, 6) is -1.07. The van der Waals surface area contributed by atoms with E-state index in [9.17, 15) is 76.0 Å². The van der Waals surface area contributed by atoms with Crippen molar-refractivity contribution in [2.45, 2.75) is 361 Å². The number of amides is 2. The molecule has 4 heterocycles. The molecule has 4 fully saturated rings. The summed E-state index contributed by atoms with van der Waals surface area (Å²) in [5.41, 5.74) is 0. The number of rotatable bonds is 49. The molecule has 0 saturated carbocycles. The maximum absolute atomic E-state index is 13.5. The lowest BCUT2D eigenvalue weighted by atomic mass is 9.94. The molecule has 4 saturated heterocycles. The molecule has 22 atom stereocenters. The summed E-state index contributed by atoms with van der Waals surface area (Å²) in [5, 5.41) is 147. The topological polar surface area (TPSA) is 395 Å². The van der Waals surface area contributed by atoms with Crippen LogP contribution in [0.15, 0.2) is 12.2 Å². The fourth-order valence-corrected chi connectivity index (χ4v) is 12.4. The van der Waals surface area contributed by atoms with Gasteiger partial charge in [0.1, 0.15) is 97.6 Å². The second-order valence-electron chi connectivity index (χ2n) is 25.7. The molecule has 8 unspecified atom stereocenters. The first kappa shape index (κ1) is 81.3. The number of nitrogens with one attached hydrogen (secondary N) is 2. The summed E-state index contributed by atoms with van der Waals surface area (Å²) in [6.07, 6.45) is 5.60. The first-order valence-corrected chi connectivity index (χ1v) is 34.9. The van der Waals surface area contributed by atoms with Crippen molar-refractivity contribution in [3.63, 3.8) is 0 Å². The van der Waals surface area contributed by atoms with E-state index in [0.717, 1.165) is 51.9 Å². The van der Waals surface area contributed by atoms with Crippen molar-refractivity contribution < 1.29 is 114 Å². The summed E-state index contributed by atoms with van der Waals surface area (Å²) in [4.78, 5) is 26.0. The van der Waals surface area contributed by atoms with Crippen LogP contribution in [0.25, 0.3) is 0 Å². The number of aliphatic hydroxyl groups is 13. The Morgan fingerprint density at radius 1 is 0.429 bits per heavy atom. The SMILES string of the molecule is CCCCCCCCCCCCC/C=C/[C@@H](O)[C@H](CO[C@@H]1OC(CO)[C@@H](O[C@@H]2OC(CO)[C@H](O)[C@H](O[C@@H]3OC(CO)[C@@H](O[C@@H]4OC(CO)[C@H](O)[C@H](O)C4O)[C@H](O)C3NC(C)=O)C2O)[C@H](O)C1O)NC(=O)CCCCCCCCCCCCCCCCCCCCC. The van der Waals surface area contributed by atoms with Gasteiger partial charge in [0.15, 0.2) is 25.2 Å². The van der Waals surface area contributed by atoms with Crippen LogP contribution in [-0.4, -0.2) is 246 Å². The van der Waals surface area contributed by atoms with E-state index in [4.69, 9.17) is 37.9 Å². The van der Waals surface area contributed by atoms with Crippen LogP contribution < -0.4 is 10.6 Å². The minimum Gasteiger partial charge on any atom is -0.394 e. The van der Waals surface area contributed by atoms with Crippen LogP contribution in [-0.2, 0) is 47.5 Å². The lowest BCUT2D eigenvalue weighted by molar-refractivity contribution is -0.381. The third-order valence-corrected chi connectivity index (χ3v) is 18.1. The van der Waals surface area contributed by atoms with Crippen LogP contribution in [0.5, 0.6) is 0 Å². The number of carbonyl (C=O) groups is 2. The van der Waals surface area contributed by atoms with Gasteiger partial charge >= 0.3 is 0 Å². The van der Waals surface area contributed by atoms with Gasteiger partial charge in [0, 0.05) is 13.3 Å². The average molecular weight is 1310 g/mol. The minimum atomic E-state index is -2.09. The van der Waals surface area contributed by atoms with E-state index in [1.54, 1.807) is 6.08 Å². The monoisotopic (exact) mass is 1310 g/mol. The highest BCUT2D eigenvalue weighted by Crippen LogP contribution is 2.35. The van der Waals surface area contributed by atoms with E-state index in [-0.39, 0.29) is 12.3 Å². The van der Waals surface area contributed by atoms with Gasteiger partial charge in [-0.25, -0.2) is 0 Å². The zero-order valence-corrected chi connectivity index (χ0v) is 54.9. The molecule has 25 nitrogen and oxygen atoms in total. The summed E-state index contributed by atoms with van der Waals surface area (Å²) < 4.78 is 46.7. The molecule has 0 aromatic heterocycles. The first-order chi connectivity index (χ1) is 44.0. The number of hydrogen-bond donors (Lipinski definition) is 15. The zero-order valence-electron chi connectivity index (χ0n) is 54.9. The van der Waals surface area contributed by atoms with E-state index in [0.29, 0.717) is 12.8 Å². The van der Waals surface area contributed by atoms with Crippen molar-refractivity contribution in [1.82, 2.24) is 10.6 Å². The van der Waals surface area contributed by atoms with Crippen molar-refractivity contribution in [3.8, 4) is 0 Å². The molecule has 0 aliphatic carbocycles. The van der Waals surface area contributed by atoms with Crippen LogP contribution in [0.2, 0.25) is 0 Å². The Kier molecular flexibility index (Phi) is 41.9. The Morgan fingerprint density at radius 2 is 0.813 bits per heavy atom. The van der Waals surface area contributed by atoms with Crippen LogP contribution in [0.1, 0.15) is 226 Å². The second kappa shape index (κ2) is 46.9. The zero-order chi connectivity index (χ0) is 66.5. The predicted octanol–water partition coefficient (Wildman–Crippen LogP) is 3.34. The summed E-state index contributed by atoms with van der Waals surface area (Å²) in [6, 6.07) is -2.68. The van der Waals surface area contributed by atoms with E-state index in [1.165, 1.54) is 141 Å². The van der Waals surface area contributed by atoms with Gasteiger partial charge in [0.25, 0.3) is 0 Å². The number of unbranched alkanes of at least 4 members (excludes halogenated alkanes) is 29. The van der Waals surface area contributed by atoms with E-state index >= 15 is 0 Å². The van der Waals surface area contributed by atoms with E-state index in [1.807, 2.05) is 6.08 Å². The molecule has 0 aromatic rings. The lowest BCUT2D eigenvalue weighted by Crippen LogP contribution is -2.69. The Labute approximate surface area is 540 Å². The molecule has 0 spiro atoms. The largest absolute Gasteiger partial charge is 0.394 e. The molecule has 4 aliphatic heterocycles. The molecule has 4 rings (SSSR count). The maximum Gasteiger partial charge on any atom is 0.220 e. The van der Waals surface area contributed by atoms with Gasteiger partial charge in [-0.2, -0.15) is 0 Å². The fraction of sp³-hybridized carbons (Fsp3) is 0.939. The molecular weight excluding hydrogens is 1190 g/mol. The molecule has 0 aromatic carbocycles. The van der Waals surface area contributed by atoms with Crippen LogP contribution in [0.4, 0.5) is 0 Å². The summed E-state index contributed by atoms with van der Waals surface area (Å²) in [6.45, 7) is 1.61. The number of aliphatic hydroxyl groups excluding tert-OH is 13. The van der Waals surface area contributed by atoms with Crippen molar-refractivity contribution in [3.05, 3.63) is 12.2 Å². The molecule has 2 amide bonds. The Balaban J connectivity index is 1.34. The Hall–Kier alpha value is -2.16. The van der Waals surface area contributed by atoms with Crippen LogP contribution in [0.3, 0.4) is 0 Å². The number of hydrogen-bond acceptors (Lipinski definition) is 23. The molecule has 91 heavy (non-hydrogen) atoms. The standard InChI is InChI=1S/C66H122N2O23/c1-4-6-8-10-12-14-16-18-19-20-21-22-23-25-27-29-31-33-35-37-50(75)68-44(45(74)36-34-32-30-28-26-24-17-15-13-11-9-7-5-2)42-84-64-58(82)56(80)61(49(41-72)88-64)90-66-59(83)62(53(77)47(39-70)86-66)91-63-51(67-43(3)73)54(78)60(48(40-71)87-63)89-65-57(81)55(79)52(76)46(38-69)85-65/h34,36,44-49,51-66,69-72,74,76-83H,4-33,35,37-42H2,1-3H3,(H,67,73)(H,68,75)/b36-34+/t44-,45+,46?,47?,48?,49?,51?,52-,53-,54+,55-,56+,57?,58?,59?,60+,61+,62-,63-,64+,65-,66-/m0/s1. The molecule has 15 N–H and O–H groups in total. The molecule has 0 bridgehead atoms. The molecule has 4 aliphatic rings. The maximum atomic E-state index is 13.5. The second-order valence-corrected chi connectivity index (χ2v) is 25.7. The van der Waals surface area contributed by atoms with Gasteiger partial charge < -0.3 is 115 Å². The van der Waals surface area contributed by atoms with Gasteiger partial charge in [-0.1, -0.05) is 206 Å².